The molecule has 0 radical (unpaired) electrons. The molecule has 7 nitrogen and oxygen atoms in total. The van der Waals surface area contributed by atoms with Crippen molar-refractivity contribution in [3.8, 4) is 5.82 Å². The van der Waals surface area contributed by atoms with Gasteiger partial charge in [-0.2, -0.15) is 0 Å². The Labute approximate surface area is 204 Å². The largest absolute Gasteiger partial charge is 0.347 e. The number of hydrogen-bond donors (Lipinski definition) is 2. The number of carbonyl (C=O) groups is 2. The summed E-state index contributed by atoms with van der Waals surface area (Å²) in [5.74, 6) is -0.430. The summed E-state index contributed by atoms with van der Waals surface area (Å²) in [6, 6.07) is 18.8. The number of hydrogen-bond acceptors (Lipinski definition) is 5. The average molecular weight is 486 g/mol. The Morgan fingerprint density at radius 2 is 1.86 bits per heavy atom. The summed E-state index contributed by atoms with van der Waals surface area (Å²) in [7, 11) is 0. The van der Waals surface area contributed by atoms with Crippen LogP contribution in [0.2, 0.25) is 0 Å². The fraction of sp³-hybridized carbons (Fsp3) is 0.0769. The van der Waals surface area contributed by atoms with E-state index in [0.717, 1.165) is 34.0 Å². The lowest BCUT2D eigenvalue weighted by molar-refractivity contribution is 0.0953. The molecule has 0 spiro atoms. The van der Waals surface area contributed by atoms with Crippen LogP contribution in [-0.2, 0) is 6.54 Å². The first-order valence-electron chi connectivity index (χ1n) is 10.8. The van der Waals surface area contributed by atoms with Gasteiger partial charge in [-0.15, -0.1) is 11.3 Å². The van der Waals surface area contributed by atoms with E-state index in [-0.39, 0.29) is 11.5 Å². The number of fused-ring (bicyclic) bond motifs is 1. The lowest BCUT2D eigenvalue weighted by atomic mass is 10.2. The van der Waals surface area contributed by atoms with Gasteiger partial charge in [0, 0.05) is 18.3 Å². The topological polar surface area (TPSA) is 88.9 Å². The second kappa shape index (κ2) is 9.47. The lowest BCUT2D eigenvalue weighted by Crippen LogP contribution is -2.22. The summed E-state index contributed by atoms with van der Waals surface area (Å²) in [6.45, 7) is 2.11. The number of pyridine rings is 1. The predicted octanol–water partition coefficient (Wildman–Crippen LogP) is 5.11. The number of para-hydroxylation sites is 2. The Bertz CT molecular complexity index is 1540. The molecule has 35 heavy (non-hydrogen) atoms. The average Bonchev–Trinajstić information content (AvgIpc) is 3.46. The number of carbonyl (C=O) groups excluding carboxylic acids is 2. The van der Waals surface area contributed by atoms with Crippen molar-refractivity contribution >= 4 is 39.2 Å². The van der Waals surface area contributed by atoms with E-state index >= 15 is 0 Å². The molecule has 3 heterocycles. The Balaban J connectivity index is 1.22. The molecule has 9 heteroatoms. The van der Waals surface area contributed by atoms with E-state index in [4.69, 9.17) is 0 Å². The van der Waals surface area contributed by atoms with Crippen LogP contribution in [0, 0.1) is 12.7 Å². The van der Waals surface area contributed by atoms with Gasteiger partial charge in [-0.3, -0.25) is 14.2 Å². The van der Waals surface area contributed by atoms with Crippen molar-refractivity contribution in [1.82, 2.24) is 19.9 Å². The third kappa shape index (κ3) is 4.80. The zero-order valence-electron chi connectivity index (χ0n) is 18.7. The Morgan fingerprint density at radius 3 is 2.66 bits per heavy atom. The van der Waals surface area contributed by atoms with Crippen molar-refractivity contribution in [1.29, 1.82) is 0 Å². The van der Waals surface area contributed by atoms with Gasteiger partial charge in [0.15, 0.2) is 0 Å². The van der Waals surface area contributed by atoms with Crippen LogP contribution in [-0.4, -0.2) is 26.3 Å². The molecule has 0 saturated carbocycles. The number of benzene rings is 2. The highest BCUT2D eigenvalue weighted by Gasteiger charge is 2.16. The second-order valence-corrected chi connectivity index (χ2v) is 8.95. The summed E-state index contributed by atoms with van der Waals surface area (Å²) in [5, 5.41) is 6.13. The molecule has 174 valence electrons. The van der Waals surface area contributed by atoms with Crippen molar-refractivity contribution in [2.75, 3.05) is 5.32 Å². The summed E-state index contributed by atoms with van der Waals surface area (Å²) >= 11 is 1.17. The summed E-state index contributed by atoms with van der Waals surface area (Å²) < 4.78 is 15.3. The van der Waals surface area contributed by atoms with E-state index in [1.54, 1.807) is 25.5 Å². The van der Waals surface area contributed by atoms with Crippen molar-refractivity contribution in [3.05, 3.63) is 107 Å². The zero-order valence-corrected chi connectivity index (χ0v) is 19.5. The second-order valence-electron chi connectivity index (χ2n) is 7.90. The molecule has 0 saturated heterocycles. The number of imidazole rings is 1. The van der Waals surface area contributed by atoms with Crippen LogP contribution in [0.4, 0.5) is 9.39 Å². The van der Waals surface area contributed by atoms with Crippen molar-refractivity contribution in [2.24, 2.45) is 0 Å². The van der Waals surface area contributed by atoms with Crippen LogP contribution in [0.5, 0.6) is 0 Å². The Kier molecular flexibility index (Phi) is 6.07. The third-order valence-corrected chi connectivity index (χ3v) is 6.56. The molecule has 0 atom stereocenters. The number of nitrogens with one attached hydrogen (secondary N) is 2. The standard InChI is InChI=1S/C26H20FN5O2S/c1-16-11-23(31-25(33)18-5-4-6-19(27)12-18)35-24(16)26(34)29-14-17-9-10-22(28-13-17)32-15-30-20-7-2-3-8-21(20)32/h2-13,15H,14H2,1H3,(H,29,34)(H,31,33). The van der Waals surface area contributed by atoms with Crippen LogP contribution in [0.15, 0.2) is 79.3 Å². The molecule has 0 fully saturated rings. The molecule has 0 aliphatic carbocycles. The monoisotopic (exact) mass is 485 g/mol. The molecule has 0 unspecified atom stereocenters. The van der Waals surface area contributed by atoms with E-state index in [2.05, 4.69) is 20.6 Å². The molecule has 2 amide bonds. The minimum Gasteiger partial charge on any atom is -0.347 e. The number of rotatable bonds is 6. The van der Waals surface area contributed by atoms with Gasteiger partial charge in [0.1, 0.15) is 18.0 Å². The minimum absolute atomic E-state index is 0.210. The van der Waals surface area contributed by atoms with Gasteiger partial charge in [-0.1, -0.05) is 24.3 Å². The third-order valence-electron chi connectivity index (χ3n) is 5.41. The Morgan fingerprint density at radius 1 is 1.00 bits per heavy atom. The maximum Gasteiger partial charge on any atom is 0.261 e. The zero-order chi connectivity index (χ0) is 24.4. The SMILES string of the molecule is Cc1cc(NC(=O)c2cccc(F)c2)sc1C(=O)NCc1ccc(-n2cnc3ccccc32)nc1. The van der Waals surface area contributed by atoms with Crippen LogP contribution in [0.1, 0.15) is 31.2 Å². The van der Waals surface area contributed by atoms with Crippen LogP contribution < -0.4 is 10.6 Å². The lowest BCUT2D eigenvalue weighted by Gasteiger charge is -2.07. The smallest absolute Gasteiger partial charge is 0.261 e. The van der Waals surface area contributed by atoms with Gasteiger partial charge in [-0.25, -0.2) is 14.4 Å². The molecule has 5 rings (SSSR count). The quantitative estimate of drug-likeness (QED) is 0.350. The first-order chi connectivity index (χ1) is 17.0. The van der Waals surface area contributed by atoms with Gasteiger partial charge in [0.2, 0.25) is 0 Å². The molecule has 2 aromatic carbocycles. The maximum atomic E-state index is 13.4. The number of nitrogens with zero attached hydrogens (tertiary/aromatic N) is 3. The summed E-state index contributed by atoms with van der Waals surface area (Å²) in [4.78, 5) is 34.5. The number of amides is 2. The van der Waals surface area contributed by atoms with Gasteiger partial charge in [-0.05, 0) is 60.5 Å². The van der Waals surface area contributed by atoms with E-state index in [0.29, 0.717) is 16.4 Å². The normalized spacial score (nSPS) is 10.9. The van der Waals surface area contributed by atoms with Gasteiger partial charge >= 0.3 is 0 Å². The molecule has 0 aliphatic rings. The van der Waals surface area contributed by atoms with Crippen molar-refractivity contribution in [2.45, 2.75) is 13.5 Å². The first-order valence-corrected chi connectivity index (χ1v) is 11.6. The molecule has 0 bridgehead atoms. The highest BCUT2D eigenvalue weighted by molar-refractivity contribution is 7.18. The molecule has 3 aromatic heterocycles. The fourth-order valence-electron chi connectivity index (χ4n) is 3.65. The Hall–Kier alpha value is -4.37. The number of aromatic nitrogens is 3. The molecule has 5 aromatic rings. The van der Waals surface area contributed by atoms with Crippen LogP contribution in [0.3, 0.4) is 0 Å². The number of thiophene rings is 1. The highest BCUT2D eigenvalue weighted by Crippen LogP contribution is 2.27. The summed E-state index contributed by atoms with van der Waals surface area (Å²) in [5.41, 5.74) is 3.66. The first kappa shape index (κ1) is 22.4. The van der Waals surface area contributed by atoms with Crippen molar-refractivity contribution in [3.63, 3.8) is 0 Å². The fourth-order valence-corrected chi connectivity index (χ4v) is 4.64. The van der Waals surface area contributed by atoms with E-state index in [1.165, 1.54) is 29.5 Å². The van der Waals surface area contributed by atoms with Gasteiger partial charge in [0.05, 0.1) is 20.9 Å². The molecular formula is C26H20FN5O2S. The number of aryl methyl sites for hydroxylation is 1. The number of halogens is 1. The highest BCUT2D eigenvalue weighted by atomic mass is 32.1. The van der Waals surface area contributed by atoms with Crippen LogP contribution in [0.25, 0.3) is 16.9 Å². The van der Waals surface area contributed by atoms with E-state index in [1.807, 2.05) is 41.0 Å². The van der Waals surface area contributed by atoms with Gasteiger partial charge < -0.3 is 10.6 Å². The summed E-state index contributed by atoms with van der Waals surface area (Å²) in [6.07, 6.45) is 3.45. The van der Waals surface area contributed by atoms with Gasteiger partial charge in [0.25, 0.3) is 11.8 Å². The number of anilines is 1. The minimum atomic E-state index is -0.485. The molecular weight excluding hydrogens is 465 g/mol. The molecule has 2 N–H and O–H groups in total. The van der Waals surface area contributed by atoms with E-state index in [9.17, 15) is 14.0 Å². The van der Waals surface area contributed by atoms with E-state index < -0.39 is 11.7 Å². The molecule has 0 aliphatic heterocycles. The van der Waals surface area contributed by atoms with Crippen LogP contribution >= 0.6 is 11.3 Å². The predicted molar refractivity (Wildman–Crippen MR) is 133 cm³/mol. The van der Waals surface area contributed by atoms with Crippen molar-refractivity contribution < 1.29 is 14.0 Å². The maximum absolute atomic E-state index is 13.4.